The predicted octanol–water partition coefficient (Wildman–Crippen LogP) is 11.5. The molecule has 0 aliphatic heterocycles. The molecule has 8 rings (SSSR count). The van der Waals surface area contributed by atoms with Crippen LogP contribution in [0.4, 0.5) is 0 Å². The highest BCUT2D eigenvalue weighted by atomic mass is 14.7. The molecule has 2 aromatic heterocycles. The summed E-state index contributed by atoms with van der Waals surface area (Å²) in [6, 6.07) is 54.8. The number of aromatic nitrogens is 2. The van der Waals surface area contributed by atoms with E-state index in [1.807, 2.05) is 12.3 Å². The molecule has 2 heterocycles. The lowest BCUT2D eigenvalue weighted by atomic mass is 9.65. The smallest absolute Gasteiger partial charge is 0.0780 e. The molecule has 0 saturated heterocycles. The first-order valence-electron chi connectivity index (χ1n) is 16.5. The van der Waals surface area contributed by atoms with Gasteiger partial charge in [-0.2, -0.15) is 0 Å². The van der Waals surface area contributed by atoms with Crippen LogP contribution in [0.15, 0.2) is 158 Å². The first-order valence-corrected chi connectivity index (χ1v) is 16.5. The Kier molecular flexibility index (Phi) is 7.48. The van der Waals surface area contributed by atoms with Gasteiger partial charge in [-0.15, -0.1) is 0 Å². The zero-order valence-electron chi connectivity index (χ0n) is 25.9. The zero-order chi connectivity index (χ0) is 30.8. The van der Waals surface area contributed by atoms with E-state index in [1.165, 1.54) is 70.9 Å². The average molecular weight is 593 g/mol. The van der Waals surface area contributed by atoms with E-state index in [2.05, 4.69) is 146 Å². The lowest BCUT2D eigenvalue weighted by Gasteiger charge is -2.39. The second-order valence-corrected chi connectivity index (χ2v) is 12.5. The van der Waals surface area contributed by atoms with Gasteiger partial charge in [0.15, 0.2) is 0 Å². The maximum Gasteiger partial charge on any atom is 0.0780 e. The largest absolute Gasteiger partial charge is 0.256 e. The van der Waals surface area contributed by atoms with Crippen LogP contribution >= 0.6 is 0 Å². The number of hydrogen-bond acceptors (Lipinski definition) is 2. The molecule has 0 unspecified atom stereocenters. The van der Waals surface area contributed by atoms with Crippen molar-refractivity contribution in [3.05, 3.63) is 169 Å². The minimum absolute atomic E-state index is 0.0147. The third kappa shape index (κ3) is 5.31. The van der Waals surface area contributed by atoms with Crippen LogP contribution in [0.3, 0.4) is 0 Å². The Hall–Kier alpha value is -5.34. The van der Waals surface area contributed by atoms with Crippen LogP contribution in [0, 0.1) is 0 Å². The van der Waals surface area contributed by atoms with Gasteiger partial charge < -0.3 is 0 Å². The average Bonchev–Trinajstić information content (AvgIpc) is 3.15. The van der Waals surface area contributed by atoms with Crippen molar-refractivity contribution >= 4 is 10.9 Å². The Balaban J connectivity index is 1.16. The lowest BCUT2D eigenvalue weighted by molar-refractivity contribution is 0.346. The van der Waals surface area contributed by atoms with Crippen molar-refractivity contribution < 1.29 is 0 Å². The van der Waals surface area contributed by atoms with Crippen molar-refractivity contribution in [1.29, 1.82) is 0 Å². The third-order valence-corrected chi connectivity index (χ3v) is 9.82. The molecule has 0 atom stereocenters. The van der Waals surface area contributed by atoms with Crippen molar-refractivity contribution in [3.8, 4) is 44.8 Å². The molecule has 5 aromatic carbocycles. The summed E-state index contributed by atoms with van der Waals surface area (Å²) < 4.78 is 0. The maximum atomic E-state index is 5.17. The summed E-state index contributed by atoms with van der Waals surface area (Å²) in [6.45, 7) is 0. The van der Waals surface area contributed by atoms with Crippen molar-refractivity contribution in [3.63, 3.8) is 0 Å². The van der Waals surface area contributed by atoms with Gasteiger partial charge >= 0.3 is 0 Å². The minimum atomic E-state index is 0.0147. The van der Waals surface area contributed by atoms with E-state index >= 15 is 0 Å². The number of fused-ring (bicyclic) bond motifs is 1. The van der Waals surface area contributed by atoms with E-state index in [1.54, 1.807) is 0 Å². The summed E-state index contributed by atoms with van der Waals surface area (Å²) in [5, 5.41) is 1.17. The van der Waals surface area contributed by atoms with Gasteiger partial charge in [0.2, 0.25) is 0 Å². The molecule has 7 aromatic rings. The summed E-state index contributed by atoms with van der Waals surface area (Å²) in [7, 11) is 0. The van der Waals surface area contributed by atoms with Gasteiger partial charge in [-0.1, -0.05) is 153 Å². The standard InChI is InChI=1S/C44H36N2/c1-4-12-32(13-5-1)37-30-41(34-14-6-2-7-15-34)46-42(31-37)35-21-25-39(26-22-35)44(27-8-3-9-28-44)38-23-19-33(20-24-38)40-18-10-16-36-17-11-29-45-43(36)40/h1-2,4-7,10-26,29-31H,3,8-9,27-28H2. The highest BCUT2D eigenvalue weighted by molar-refractivity contribution is 5.93. The Morgan fingerprint density at radius 3 is 1.65 bits per heavy atom. The zero-order valence-corrected chi connectivity index (χ0v) is 25.9. The molecule has 2 nitrogen and oxygen atoms in total. The third-order valence-electron chi connectivity index (χ3n) is 9.82. The van der Waals surface area contributed by atoms with Crippen molar-refractivity contribution in [2.45, 2.75) is 37.5 Å². The van der Waals surface area contributed by atoms with E-state index in [-0.39, 0.29) is 5.41 Å². The summed E-state index contributed by atoms with van der Waals surface area (Å²) in [5.74, 6) is 0. The Labute approximate surface area is 271 Å². The molecule has 1 aliphatic carbocycles. The van der Waals surface area contributed by atoms with Crippen LogP contribution in [-0.4, -0.2) is 9.97 Å². The molecule has 0 radical (unpaired) electrons. The van der Waals surface area contributed by atoms with Crippen molar-refractivity contribution in [2.24, 2.45) is 0 Å². The van der Waals surface area contributed by atoms with Gasteiger partial charge in [0.05, 0.1) is 16.9 Å². The first kappa shape index (κ1) is 28.2. The fourth-order valence-electron chi connectivity index (χ4n) is 7.40. The summed E-state index contributed by atoms with van der Waals surface area (Å²) in [5.41, 5.74) is 12.9. The number of nitrogens with zero attached hydrogens (tertiary/aromatic N) is 2. The van der Waals surface area contributed by atoms with E-state index < -0.39 is 0 Å². The minimum Gasteiger partial charge on any atom is -0.256 e. The van der Waals surface area contributed by atoms with Crippen molar-refractivity contribution in [2.75, 3.05) is 0 Å². The highest BCUT2D eigenvalue weighted by Gasteiger charge is 2.35. The molecule has 0 spiro atoms. The Bertz CT molecular complexity index is 2030. The molecule has 1 saturated carbocycles. The highest BCUT2D eigenvalue weighted by Crippen LogP contribution is 2.46. The maximum absolute atomic E-state index is 5.17. The number of rotatable bonds is 6. The molecule has 46 heavy (non-hydrogen) atoms. The molecular formula is C44H36N2. The van der Waals surface area contributed by atoms with E-state index in [4.69, 9.17) is 9.97 Å². The van der Waals surface area contributed by atoms with Crippen LogP contribution in [-0.2, 0) is 5.41 Å². The van der Waals surface area contributed by atoms with Crippen LogP contribution < -0.4 is 0 Å². The lowest BCUT2D eigenvalue weighted by Crippen LogP contribution is -2.30. The van der Waals surface area contributed by atoms with E-state index in [9.17, 15) is 0 Å². The van der Waals surface area contributed by atoms with Gasteiger partial charge in [-0.05, 0) is 58.9 Å². The first-order chi connectivity index (χ1) is 22.8. The quantitative estimate of drug-likeness (QED) is 0.192. The molecule has 0 amide bonds. The number of hydrogen-bond donors (Lipinski definition) is 0. The predicted molar refractivity (Wildman–Crippen MR) is 192 cm³/mol. The van der Waals surface area contributed by atoms with Gasteiger partial charge in [0.25, 0.3) is 0 Å². The van der Waals surface area contributed by atoms with Gasteiger partial charge in [-0.25, -0.2) is 4.98 Å². The van der Waals surface area contributed by atoms with Crippen LogP contribution in [0.5, 0.6) is 0 Å². The van der Waals surface area contributed by atoms with E-state index in [0.717, 1.165) is 28.0 Å². The normalized spacial score (nSPS) is 14.3. The van der Waals surface area contributed by atoms with Crippen LogP contribution in [0.25, 0.3) is 55.7 Å². The van der Waals surface area contributed by atoms with Crippen LogP contribution in [0.2, 0.25) is 0 Å². The fourth-order valence-corrected chi connectivity index (χ4v) is 7.40. The fraction of sp³-hybridized carbons (Fsp3) is 0.136. The molecule has 0 bridgehead atoms. The topological polar surface area (TPSA) is 25.8 Å². The second-order valence-electron chi connectivity index (χ2n) is 12.5. The number of pyridine rings is 2. The summed E-state index contributed by atoms with van der Waals surface area (Å²) in [6.07, 6.45) is 8.02. The molecule has 1 fully saturated rings. The Morgan fingerprint density at radius 1 is 0.435 bits per heavy atom. The Morgan fingerprint density at radius 2 is 1.00 bits per heavy atom. The molecular weight excluding hydrogens is 556 g/mol. The van der Waals surface area contributed by atoms with Crippen LogP contribution in [0.1, 0.15) is 43.2 Å². The summed E-state index contributed by atoms with van der Waals surface area (Å²) >= 11 is 0. The second kappa shape index (κ2) is 12.2. The molecule has 1 aliphatic rings. The number of para-hydroxylation sites is 1. The molecule has 0 N–H and O–H groups in total. The SMILES string of the molecule is c1ccc(-c2cc(-c3ccccc3)nc(-c3ccc(C4(c5ccc(-c6cccc7cccnc67)cc5)CCCCC4)cc3)c2)cc1. The summed E-state index contributed by atoms with van der Waals surface area (Å²) in [4.78, 5) is 9.88. The van der Waals surface area contributed by atoms with Gasteiger partial charge in [0, 0.05) is 33.7 Å². The van der Waals surface area contributed by atoms with Gasteiger partial charge in [-0.3, -0.25) is 4.98 Å². The van der Waals surface area contributed by atoms with E-state index in [0.29, 0.717) is 0 Å². The molecule has 2 heteroatoms. The molecule has 222 valence electrons. The van der Waals surface area contributed by atoms with Crippen molar-refractivity contribution in [1.82, 2.24) is 9.97 Å². The number of benzene rings is 5. The monoisotopic (exact) mass is 592 g/mol. The van der Waals surface area contributed by atoms with Gasteiger partial charge in [0.1, 0.15) is 0 Å².